The van der Waals surface area contributed by atoms with Gasteiger partial charge in [-0.15, -0.1) is 0 Å². The van der Waals surface area contributed by atoms with Crippen molar-refractivity contribution in [3.63, 3.8) is 0 Å². The monoisotopic (exact) mass is 259 g/mol. The van der Waals surface area contributed by atoms with Gasteiger partial charge >= 0.3 is 0 Å². The summed E-state index contributed by atoms with van der Waals surface area (Å²) in [4.78, 5) is 0. The molecule has 0 saturated heterocycles. The molecule has 1 unspecified atom stereocenters. The van der Waals surface area contributed by atoms with Gasteiger partial charge in [-0.1, -0.05) is 42.5 Å². The topological polar surface area (TPSA) is 32.3 Å². The average molecular weight is 259 g/mol. The van der Waals surface area contributed by atoms with Crippen molar-refractivity contribution in [2.75, 3.05) is 6.54 Å². The normalized spacial score (nSPS) is 14.1. The summed E-state index contributed by atoms with van der Waals surface area (Å²) in [5, 5.41) is 13.5. The fraction of sp³-hybridized carbons (Fsp3) is 0.250. The van der Waals surface area contributed by atoms with E-state index in [0.717, 1.165) is 11.1 Å². The number of benzene rings is 2. The van der Waals surface area contributed by atoms with Crippen LogP contribution in [-0.4, -0.2) is 11.7 Å². The predicted molar refractivity (Wildman–Crippen MR) is 74.1 cm³/mol. The number of rotatable bonds is 5. The Bertz CT molecular complexity index is 525. The molecule has 0 spiro atoms. The maximum atomic E-state index is 13.0. The standard InChI is InChI=1S/C16H18FNO/c1-16(19,14-7-3-2-4-8-14)12-18-11-13-6-5-9-15(17)10-13/h2-10,18-19H,11-12H2,1H3. The van der Waals surface area contributed by atoms with Gasteiger partial charge in [-0.25, -0.2) is 4.39 Å². The first-order chi connectivity index (χ1) is 9.08. The Morgan fingerprint density at radius 1 is 1.11 bits per heavy atom. The highest BCUT2D eigenvalue weighted by Gasteiger charge is 2.21. The number of halogens is 1. The van der Waals surface area contributed by atoms with E-state index in [1.807, 2.05) is 36.4 Å². The van der Waals surface area contributed by atoms with E-state index >= 15 is 0 Å². The molecule has 0 bridgehead atoms. The van der Waals surface area contributed by atoms with E-state index in [0.29, 0.717) is 13.1 Å². The molecule has 0 fully saturated rings. The van der Waals surface area contributed by atoms with Crippen LogP contribution in [0.3, 0.4) is 0 Å². The largest absolute Gasteiger partial charge is 0.384 e. The Balaban J connectivity index is 1.92. The highest BCUT2D eigenvalue weighted by atomic mass is 19.1. The van der Waals surface area contributed by atoms with E-state index in [4.69, 9.17) is 0 Å². The molecule has 0 radical (unpaired) electrons. The van der Waals surface area contributed by atoms with Gasteiger partial charge in [0.2, 0.25) is 0 Å². The molecule has 2 aromatic carbocycles. The number of hydrogen-bond donors (Lipinski definition) is 2. The fourth-order valence-electron chi connectivity index (χ4n) is 2.00. The molecular weight excluding hydrogens is 241 g/mol. The molecule has 0 heterocycles. The van der Waals surface area contributed by atoms with Gasteiger partial charge in [-0.2, -0.15) is 0 Å². The van der Waals surface area contributed by atoms with Crippen LogP contribution in [-0.2, 0) is 12.1 Å². The highest BCUT2D eigenvalue weighted by molar-refractivity contribution is 5.22. The lowest BCUT2D eigenvalue weighted by Crippen LogP contribution is -2.35. The van der Waals surface area contributed by atoms with Crippen molar-refractivity contribution in [1.82, 2.24) is 5.32 Å². The SMILES string of the molecule is CC(O)(CNCc1cccc(F)c1)c1ccccc1. The van der Waals surface area contributed by atoms with Gasteiger partial charge in [0.25, 0.3) is 0 Å². The smallest absolute Gasteiger partial charge is 0.123 e. The summed E-state index contributed by atoms with van der Waals surface area (Å²) >= 11 is 0. The first kappa shape index (κ1) is 13.7. The van der Waals surface area contributed by atoms with Gasteiger partial charge in [-0.3, -0.25) is 0 Å². The number of aliphatic hydroxyl groups is 1. The van der Waals surface area contributed by atoms with Crippen LogP contribution in [0.2, 0.25) is 0 Å². The zero-order valence-corrected chi connectivity index (χ0v) is 10.9. The van der Waals surface area contributed by atoms with E-state index in [-0.39, 0.29) is 5.82 Å². The van der Waals surface area contributed by atoms with Gasteiger partial charge in [0.1, 0.15) is 5.82 Å². The minimum Gasteiger partial charge on any atom is -0.384 e. The van der Waals surface area contributed by atoms with Gasteiger partial charge in [0, 0.05) is 13.1 Å². The van der Waals surface area contributed by atoms with Gasteiger partial charge in [0.15, 0.2) is 0 Å². The second kappa shape index (κ2) is 5.95. The first-order valence-electron chi connectivity index (χ1n) is 6.31. The summed E-state index contributed by atoms with van der Waals surface area (Å²) in [7, 11) is 0. The Morgan fingerprint density at radius 3 is 2.53 bits per heavy atom. The molecule has 0 aliphatic carbocycles. The van der Waals surface area contributed by atoms with Crippen LogP contribution >= 0.6 is 0 Å². The Morgan fingerprint density at radius 2 is 1.84 bits per heavy atom. The van der Waals surface area contributed by atoms with Crippen LogP contribution in [0.4, 0.5) is 4.39 Å². The molecule has 2 rings (SSSR count). The number of hydrogen-bond acceptors (Lipinski definition) is 2. The summed E-state index contributed by atoms with van der Waals surface area (Å²) in [6.07, 6.45) is 0. The highest BCUT2D eigenvalue weighted by Crippen LogP contribution is 2.19. The van der Waals surface area contributed by atoms with Crippen LogP contribution in [0, 0.1) is 5.82 Å². The lowest BCUT2D eigenvalue weighted by Gasteiger charge is -2.24. The molecule has 2 aromatic rings. The third-order valence-electron chi connectivity index (χ3n) is 3.08. The third kappa shape index (κ3) is 3.88. The second-order valence-electron chi connectivity index (χ2n) is 4.87. The molecule has 19 heavy (non-hydrogen) atoms. The summed E-state index contributed by atoms with van der Waals surface area (Å²) in [5.41, 5.74) is 0.791. The molecular formula is C16H18FNO. The molecule has 100 valence electrons. The predicted octanol–water partition coefficient (Wildman–Crippen LogP) is 2.82. The van der Waals surface area contributed by atoms with Crippen molar-refractivity contribution in [3.05, 3.63) is 71.5 Å². The summed E-state index contributed by atoms with van der Waals surface area (Å²) < 4.78 is 13.0. The second-order valence-corrected chi connectivity index (χ2v) is 4.87. The van der Waals surface area contributed by atoms with Gasteiger partial charge in [-0.05, 0) is 30.2 Å². The Kier molecular flexibility index (Phi) is 4.30. The first-order valence-corrected chi connectivity index (χ1v) is 6.31. The molecule has 0 aliphatic heterocycles. The zero-order chi connectivity index (χ0) is 13.7. The van der Waals surface area contributed by atoms with E-state index in [9.17, 15) is 9.50 Å². The third-order valence-corrected chi connectivity index (χ3v) is 3.08. The van der Waals surface area contributed by atoms with Crippen molar-refractivity contribution in [2.24, 2.45) is 0 Å². The average Bonchev–Trinajstić information content (AvgIpc) is 2.40. The molecule has 0 amide bonds. The van der Waals surface area contributed by atoms with Crippen LogP contribution in [0.15, 0.2) is 54.6 Å². The molecule has 0 aliphatic rings. The molecule has 3 heteroatoms. The van der Waals surface area contributed by atoms with Crippen LogP contribution in [0.1, 0.15) is 18.1 Å². The van der Waals surface area contributed by atoms with Gasteiger partial charge < -0.3 is 10.4 Å². The van der Waals surface area contributed by atoms with Crippen molar-refractivity contribution < 1.29 is 9.50 Å². The maximum absolute atomic E-state index is 13.0. The minimum absolute atomic E-state index is 0.242. The summed E-state index contributed by atoms with van der Waals surface area (Å²) in [6, 6.07) is 15.9. The van der Waals surface area contributed by atoms with E-state index in [2.05, 4.69) is 5.32 Å². The fourth-order valence-corrected chi connectivity index (χ4v) is 2.00. The van der Waals surface area contributed by atoms with Crippen LogP contribution in [0.25, 0.3) is 0 Å². The van der Waals surface area contributed by atoms with Gasteiger partial charge in [0.05, 0.1) is 5.60 Å². The zero-order valence-electron chi connectivity index (χ0n) is 10.9. The Hall–Kier alpha value is -1.71. The maximum Gasteiger partial charge on any atom is 0.123 e. The quantitative estimate of drug-likeness (QED) is 0.865. The van der Waals surface area contributed by atoms with E-state index < -0.39 is 5.60 Å². The van der Waals surface area contributed by atoms with Crippen molar-refractivity contribution >= 4 is 0 Å². The molecule has 0 aromatic heterocycles. The Labute approximate surface area is 112 Å². The minimum atomic E-state index is -0.936. The molecule has 0 saturated carbocycles. The van der Waals surface area contributed by atoms with Crippen molar-refractivity contribution in [2.45, 2.75) is 19.1 Å². The van der Waals surface area contributed by atoms with Crippen LogP contribution < -0.4 is 5.32 Å². The van der Waals surface area contributed by atoms with Crippen molar-refractivity contribution in [3.8, 4) is 0 Å². The summed E-state index contributed by atoms with van der Waals surface area (Å²) in [5.74, 6) is -0.242. The lowest BCUT2D eigenvalue weighted by atomic mass is 9.96. The number of nitrogens with one attached hydrogen (secondary N) is 1. The van der Waals surface area contributed by atoms with Crippen LogP contribution in [0.5, 0.6) is 0 Å². The molecule has 2 nitrogen and oxygen atoms in total. The molecule has 1 atom stereocenters. The molecule has 2 N–H and O–H groups in total. The summed E-state index contributed by atoms with van der Waals surface area (Å²) in [6.45, 7) is 2.70. The van der Waals surface area contributed by atoms with Crippen molar-refractivity contribution in [1.29, 1.82) is 0 Å². The van der Waals surface area contributed by atoms with E-state index in [1.54, 1.807) is 13.0 Å². The van der Waals surface area contributed by atoms with E-state index in [1.165, 1.54) is 12.1 Å². The lowest BCUT2D eigenvalue weighted by molar-refractivity contribution is 0.0567.